The van der Waals surface area contributed by atoms with Gasteiger partial charge in [-0.25, -0.2) is 4.98 Å². The van der Waals surface area contributed by atoms with Crippen molar-refractivity contribution in [3.05, 3.63) is 42.2 Å². The Bertz CT molecular complexity index is 726. The Morgan fingerprint density at radius 1 is 1.28 bits per heavy atom. The molecule has 0 fully saturated rings. The molecule has 25 heavy (non-hydrogen) atoms. The number of guanidine groups is 1. The highest BCUT2D eigenvalue weighted by atomic mass is 127. The topological polar surface area (TPSA) is 54.2 Å². The molecule has 2 N–H and O–H groups in total. The fraction of sp³-hybridized carbons (Fsp3) is 0.474. The van der Waals surface area contributed by atoms with Crippen molar-refractivity contribution in [2.45, 2.75) is 45.7 Å². The van der Waals surface area contributed by atoms with Crippen LogP contribution in [0.25, 0.3) is 11.0 Å². The monoisotopic (exact) mass is 453 g/mol. The quantitative estimate of drug-likeness (QED) is 0.231. The summed E-state index contributed by atoms with van der Waals surface area (Å²) in [6.45, 7) is 6.81. The first-order valence-electron chi connectivity index (χ1n) is 8.89. The van der Waals surface area contributed by atoms with Crippen molar-refractivity contribution in [3.63, 3.8) is 0 Å². The number of halogens is 1. The molecule has 5 nitrogen and oxygen atoms in total. The minimum absolute atomic E-state index is 0. The summed E-state index contributed by atoms with van der Waals surface area (Å²) in [5.74, 6) is 2.00. The van der Waals surface area contributed by atoms with Crippen molar-refractivity contribution in [1.29, 1.82) is 0 Å². The second-order valence-corrected chi connectivity index (χ2v) is 6.20. The van der Waals surface area contributed by atoms with Gasteiger partial charge in [0.1, 0.15) is 5.82 Å². The summed E-state index contributed by atoms with van der Waals surface area (Å²) in [6.07, 6.45) is 7.64. The van der Waals surface area contributed by atoms with E-state index >= 15 is 0 Å². The van der Waals surface area contributed by atoms with Gasteiger partial charge in [-0.05, 0) is 45.2 Å². The minimum Gasteiger partial charge on any atom is -0.357 e. The minimum atomic E-state index is 0. The van der Waals surface area contributed by atoms with Crippen LogP contribution in [-0.2, 0) is 6.54 Å². The average molecular weight is 453 g/mol. The standard InChI is InChI=1S/C19H27N5.HI/c1-3-20-19(23-16-9-4-5-10-16)21-13-8-14-24-15(2)22-17-11-6-7-12-18(17)24;/h4-7,11-12,16H,3,8-10,13-14H2,1-2H3,(H2,20,21,23);1H. The molecule has 136 valence electrons. The van der Waals surface area contributed by atoms with Gasteiger partial charge in [0.15, 0.2) is 5.96 Å². The van der Waals surface area contributed by atoms with Crippen LogP contribution in [0.1, 0.15) is 32.0 Å². The van der Waals surface area contributed by atoms with Gasteiger partial charge in [0.2, 0.25) is 0 Å². The number of aliphatic imine (C=N–C) groups is 1. The van der Waals surface area contributed by atoms with Crippen LogP contribution in [0.3, 0.4) is 0 Å². The average Bonchev–Trinajstić information content (AvgIpc) is 3.19. The Balaban J connectivity index is 0.00000225. The van der Waals surface area contributed by atoms with Crippen LogP contribution in [0.15, 0.2) is 41.4 Å². The van der Waals surface area contributed by atoms with Gasteiger partial charge in [-0.3, -0.25) is 4.99 Å². The Morgan fingerprint density at radius 2 is 2.04 bits per heavy atom. The number of para-hydroxylation sites is 2. The van der Waals surface area contributed by atoms with Gasteiger partial charge >= 0.3 is 0 Å². The number of hydrogen-bond donors (Lipinski definition) is 2. The molecule has 1 aromatic heterocycles. The van der Waals surface area contributed by atoms with Crippen LogP contribution in [0.4, 0.5) is 0 Å². The smallest absolute Gasteiger partial charge is 0.191 e. The molecule has 1 heterocycles. The SMILES string of the molecule is CCNC(=NCCCn1c(C)nc2ccccc21)NC1CC=CC1.I. The Kier molecular flexibility index (Phi) is 7.74. The highest BCUT2D eigenvalue weighted by molar-refractivity contribution is 14.0. The van der Waals surface area contributed by atoms with E-state index in [2.05, 4.69) is 64.4 Å². The third-order valence-corrected chi connectivity index (χ3v) is 4.35. The van der Waals surface area contributed by atoms with E-state index in [1.807, 2.05) is 6.07 Å². The van der Waals surface area contributed by atoms with E-state index in [9.17, 15) is 0 Å². The summed E-state index contributed by atoms with van der Waals surface area (Å²) < 4.78 is 2.28. The van der Waals surface area contributed by atoms with Gasteiger partial charge in [0.05, 0.1) is 11.0 Å². The number of nitrogens with one attached hydrogen (secondary N) is 2. The zero-order chi connectivity index (χ0) is 16.8. The summed E-state index contributed by atoms with van der Waals surface area (Å²) in [5, 5.41) is 6.84. The largest absolute Gasteiger partial charge is 0.357 e. The van der Waals surface area contributed by atoms with Crippen molar-refractivity contribution in [2.75, 3.05) is 13.1 Å². The first-order chi connectivity index (χ1) is 11.8. The van der Waals surface area contributed by atoms with E-state index in [4.69, 9.17) is 4.99 Å². The van der Waals surface area contributed by atoms with Crippen LogP contribution < -0.4 is 10.6 Å². The number of hydrogen-bond acceptors (Lipinski definition) is 2. The number of aromatic nitrogens is 2. The van der Waals surface area contributed by atoms with Crippen LogP contribution in [0, 0.1) is 6.92 Å². The number of benzene rings is 1. The van der Waals surface area contributed by atoms with E-state index in [0.717, 1.165) is 56.2 Å². The summed E-state index contributed by atoms with van der Waals surface area (Å²) >= 11 is 0. The molecule has 0 bridgehead atoms. The van der Waals surface area contributed by atoms with E-state index < -0.39 is 0 Å². The molecule has 0 aliphatic heterocycles. The lowest BCUT2D eigenvalue weighted by Gasteiger charge is -2.16. The summed E-state index contributed by atoms with van der Waals surface area (Å²) in [5.41, 5.74) is 2.28. The van der Waals surface area contributed by atoms with Gasteiger partial charge in [-0.1, -0.05) is 24.3 Å². The lowest BCUT2D eigenvalue weighted by atomic mass is 10.2. The molecule has 6 heteroatoms. The maximum absolute atomic E-state index is 4.72. The molecule has 1 aliphatic rings. The fourth-order valence-corrected chi connectivity index (χ4v) is 3.15. The number of aryl methyl sites for hydroxylation is 2. The third kappa shape index (κ3) is 5.20. The first-order valence-corrected chi connectivity index (χ1v) is 8.89. The number of nitrogens with zero attached hydrogens (tertiary/aromatic N) is 3. The van der Waals surface area contributed by atoms with Gasteiger partial charge in [-0.2, -0.15) is 0 Å². The number of rotatable bonds is 6. The van der Waals surface area contributed by atoms with Crippen molar-refractivity contribution in [1.82, 2.24) is 20.2 Å². The van der Waals surface area contributed by atoms with Crippen LogP contribution in [0.5, 0.6) is 0 Å². The van der Waals surface area contributed by atoms with Crippen LogP contribution in [0.2, 0.25) is 0 Å². The molecular formula is C19H28IN5. The highest BCUT2D eigenvalue weighted by Gasteiger charge is 2.11. The highest BCUT2D eigenvalue weighted by Crippen LogP contribution is 2.15. The molecule has 0 amide bonds. The van der Waals surface area contributed by atoms with E-state index in [-0.39, 0.29) is 24.0 Å². The molecule has 0 saturated carbocycles. The molecule has 2 aromatic rings. The maximum atomic E-state index is 4.72. The Hall–Kier alpha value is -1.57. The lowest BCUT2D eigenvalue weighted by Crippen LogP contribution is -2.42. The van der Waals surface area contributed by atoms with Crippen LogP contribution >= 0.6 is 24.0 Å². The van der Waals surface area contributed by atoms with Crippen molar-refractivity contribution < 1.29 is 0 Å². The molecule has 0 unspecified atom stereocenters. The first kappa shape index (κ1) is 19.8. The van der Waals surface area contributed by atoms with Gasteiger partial charge < -0.3 is 15.2 Å². The molecule has 1 aliphatic carbocycles. The molecular weight excluding hydrogens is 425 g/mol. The summed E-state index contributed by atoms with van der Waals surface area (Å²) in [6, 6.07) is 8.80. The number of imidazole rings is 1. The van der Waals surface area contributed by atoms with Crippen molar-refractivity contribution in [2.24, 2.45) is 4.99 Å². The maximum Gasteiger partial charge on any atom is 0.191 e. The molecule has 0 spiro atoms. The van der Waals surface area contributed by atoms with E-state index in [1.54, 1.807) is 0 Å². The van der Waals surface area contributed by atoms with Gasteiger partial charge in [-0.15, -0.1) is 24.0 Å². The third-order valence-electron chi connectivity index (χ3n) is 4.35. The zero-order valence-electron chi connectivity index (χ0n) is 15.0. The molecule has 0 atom stereocenters. The zero-order valence-corrected chi connectivity index (χ0v) is 17.4. The predicted octanol–water partition coefficient (Wildman–Crippen LogP) is 3.63. The molecule has 0 saturated heterocycles. The molecule has 3 rings (SSSR count). The van der Waals surface area contributed by atoms with E-state index in [0.29, 0.717) is 6.04 Å². The Morgan fingerprint density at radius 3 is 2.80 bits per heavy atom. The summed E-state index contributed by atoms with van der Waals surface area (Å²) in [7, 11) is 0. The van der Waals surface area contributed by atoms with Crippen LogP contribution in [-0.4, -0.2) is 34.6 Å². The fourth-order valence-electron chi connectivity index (χ4n) is 3.15. The summed E-state index contributed by atoms with van der Waals surface area (Å²) in [4.78, 5) is 9.34. The van der Waals surface area contributed by atoms with Crippen molar-refractivity contribution in [3.8, 4) is 0 Å². The van der Waals surface area contributed by atoms with Gasteiger partial charge in [0.25, 0.3) is 0 Å². The number of fused-ring (bicyclic) bond motifs is 1. The van der Waals surface area contributed by atoms with E-state index in [1.165, 1.54) is 5.52 Å². The predicted molar refractivity (Wildman–Crippen MR) is 116 cm³/mol. The van der Waals surface area contributed by atoms with Gasteiger partial charge in [0, 0.05) is 25.7 Å². The molecule has 0 radical (unpaired) electrons. The lowest BCUT2D eigenvalue weighted by molar-refractivity contribution is 0.621. The van der Waals surface area contributed by atoms with Crippen molar-refractivity contribution >= 4 is 41.0 Å². The normalized spacial score (nSPS) is 14.7. The Labute approximate surface area is 167 Å². The molecule has 1 aromatic carbocycles. The second kappa shape index (κ2) is 9.79. The second-order valence-electron chi connectivity index (χ2n) is 6.20.